The van der Waals surface area contributed by atoms with Crippen molar-refractivity contribution in [2.45, 2.75) is 63.8 Å². The van der Waals surface area contributed by atoms with Crippen LogP contribution in [0.4, 0.5) is 0 Å². The Balaban J connectivity index is 2.37. The lowest BCUT2D eigenvalue weighted by molar-refractivity contribution is -0.148. The average molecular weight is 273 g/mol. The number of aliphatic carboxylic acids is 1. The summed E-state index contributed by atoms with van der Waals surface area (Å²) in [6.07, 6.45) is 5.98. The van der Waals surface area contributed by atoms with Gasteiger partial charge in [-0.3, -0.25) is 4.79 Å². The van der Waals surface area contributed by atoms with Gasteiger partial charge in [0, 0.05) is 12.2 Å². The molecule has 0 spiro atoms. The second kappa shape index (κ2) is 7.67. The normalized spacial score (nSPS) is 23.3. The minimum Gasteiger partial charge on any atom is -0.480 e. The van der Waals surface area contributed by atoms with Crippen LogP contribution < -0.4 is 0 Å². The predicted molar refractivity (Wildman–Crippen MR) is 73.6 cm³/mol. The molecule has 0 aromatic heterocycles. The molecule has 0 aromatic rings. The van der Waals surface area contributed by atoms with E-state index in [1.54, 1.807) is 16.7 Å². The summed E-state index contributed by atoms with van der Waals surface area (Å²) in [4.78, 5) is 24.7. The van der Waals surface area contributed by atoms with Crippen LogP contribution in [0.15, 0.2) is 0 Å². The van der Waals surface area contributed by atoms with Crippen molar-refractivity contribution in [2.24, 2.45) is 0 Å². The van der Waals surface area contributed by atoms with E-state index in [4.69, 9.17) is 5.11 Å². The fraction of sp³-hybridized carbons (Fsp3) is 0.846. The summed E-state index contributed by atoms with van der Waals surface area (Å²) in [7, 11) is 0. The number of carboxylic acid groups (broad SMARTS) is 1. The van der Waals surface area contributed by atoms with Gasteiger partial charge in [-0.05, 0) is 13.3 Å². The zero-order valence-electron chi connectivity index (χ0n) is 11.2. The third kappa shape index (κ3) is 4.19. The van der Waals surface area contributed by atoms with Crippen LogP contribution in [-0.2, 0) is 9.59 Å². The Morgan fingerprint density at radius 2 is 1.94 bits per heavy atom. The Bertz CT molecular complexity index is 296. The molecule has 0 aromatic carbocycles. The van der Waals surface area contributed by atoms with E-state index in [9.17, 15) is 9.59 Å². The standard InChI is InChI=1S/C13H23NO3S/c1-3-4-5-6-7-8-12(15)14-10(2)18-9-11(14)13(16)17/h10-11H,3-9H2,1-2H3,(H,16,17). The molecule has 0 radical (unpaired) electrons. The first kappa shape index (κ1) is 15.3. The minimum absolute atomic E-state index is 0.00333. The lowest BCUT2D eigenvalue weighted by atomic mass is 10.1. The van der Waals surface area contributed by atoms with Crippen molar-refractivity contribution in [3.05, 3.63) is 0 Å². The number of thioether (sulfide) groups is 1. The van der Waals surface area contributed by atoms with Crippen molar-refractivity contribution >= 4 is 23.6 Å². The molecule has 5 heteroatoms. The zero-order valence-corrected chi connectivity index (χ0v) is 12.0. The van der Waals surface area contributed by atoms with Gasteiger partial charge in [0.1, 0.15) is 6.04 Å². The van der Waals surface area contributed by atoms with Crippen LogP contribution in [0.2, 0.25) is 0 Å². The van der Waals surface area contributed by atoms with Crippen molar-refractivity contribution in [3.63, 3.8) is 0 Å². The van der Waals surface area contributed by atoms with Gasteiger partial charge in [0.05, 0.1) is 5.37 Å². The molecule has 1 amide bonds. The Morgan fingerprint density at radius 3 is 2.56 bits per heavy atom. The summed E-state index contributed by atoms with van der Waals surface area (Å²) in [5, 5.41) is 9.08. The molecule has 1 saturated heterocycles. The van der Waals surface area contributed by atoms with E-state index in [-0.39, 0.29) is 11.3 Å². The monoisotopic (exact) mass is 273 g/mol. The summed E-state index contributed by atoms with van der Waals surface area (Å²) < 4.78 is 0. The van der Waals surface area contributed by atoms with E-state index in [1.165, 1.54) is 12.8 Å². The van der Waals surface area contributed by atoms with Crippen molar-refractivity contribution in [1.82, 2.24) is 4.90 Å². The Labute approximate surface area is 113 Å². The highest BCUT2D eigenvalue weighted by molar-refractivity contribution is 8.00. The first-order chi connectivity index (χ1) is 8.57. The maximum Gasteiger partial charge on any atom is 0.327 e. The number of hydrogen-bond acceptors (Lipinski definition) is 3. The van der Waals surface area contributed by atoms with Crippen LogP contribution in [0.25, 0.3) is 0 Å². The number of carbonyl (C=O) groups excluding carboxylic acids is 1. The Hall–Kier alpha value is -0.710. The Morgan fingerprint density at radius 1 is 1.28 bits per heavy atom. The second-order valence-corrected chi connectivity index (χ2v) is 6.10. The maximum absolute atomic E-state index is 12.1. The fourth-order valence-corrected chi connectivity index (χ4v) is 3.41. The molecule has 2 unspecified atom stereocenters. The number of amides is 1. The van der Waals surface area contributed by atoms with E-state index in [0.29, 0.717) is 12.2 Å². The van der Waals surface area contributed by atoms with Gasteiger partial charge >= 0.3 is 5.97 Å². The Kier molecular flexibility index (Phi) is 6.54. The molecular formula is C13H23NO3S. The molecule has 0 saturated carbocycles. The summed E-state index contributed by atoms with van der Waals surface area (Å²) in [5.41, 5.74) is 0. The highest BCUT2D eigenvalue weighted by Gasteiger charge is 2.38. The molecule has 4 nitrogen and oxygen atoms in total. The van der Waals surface area contributed by atoms with Crippen LogP contribution in [0, 0.1) is 0 Å². The number of rotatable bonds is 7. The van der Waals surface area contributed by atoms with Crippen molar-refractivity contribution in [1.29, 1.82) is 0 Å². The smallest absolute Gasteiger partial charge is 0.327 e. The quantitative estimate of drug-likeness (QED) is 0.725. The van der Waals surface area contributed by atoms with Crippen molar-refractivity contribution < 1.29 is 14.7 Å². The van der Waals surface area contributed by atoms with Gasteiger partial charge in [0.2, 0.25) is 5.91 Å². The topological polar surface area (TPSA) is 57.6 Å². The molecule has 1 rings (SSSR count). The van der Waals surface area contributed by atoms with E-state index in [1.807, 2.05) is 6.92 Å². The predicted octanol–water partition coefficient (Wildman–Crippen LogP) is 2.72. The molecule has 104 valence electrons. The van der Waals surface area contributed by atoms with E-state index in [2.05, 4.69) is 6.92 Å². The first-order valence-corrected chi connectivity index (χ1v) is 7.78. The summed E-state index contributed by atoms with van der Waals surface area (Å²) in [6.45, 7) is 4.06. The van der Waals surface area contributed by atoms with Crippen molar-refractivity contribution in [3.8, 4) is 0 Å². The average Bonchev–Trinajstić information content (AvgIpc) is 2.71. The minimum atomic E-state index is -0.883. The van der Waals surface area contributed by atoms with Crippen LogP contribution in [0.5, 0.6) is 0 Å². The maximum atomic E-state index is 12.1. The highest BCUT2D eigenvalue weighted by atomic mass is 32.2. The van der Waals surface area contributed by atoms with Gasteiger partial charge in [-0.15, -0.1) is 11.8 Å². The lowest BCUT2D eigenvalue weighted by Crippen LogP contribution is -2.44. The number of nitrogens with zero attached hydrogens (tertiary/aromatic N) is 1. The molecule has 0 bridgehead atoms. The molecule has 18 heavy (non-hydrogen) atoms. The van der Waals surface area contributed by atoms with E-state index >= 15 is 0 Å². The highest BCUT2D eigenvalue weighted by Crippen LogP contribution is 2.29. The molecule has 0 aliphatic carbocycles. The zero-order chi connectivity index (χ0) is 13.5. The van der Waals surface area contributed by atoms with Gasteiger partial charge in [-0.1, -0.05) is 32.6 Å². The molecule has 1 fully saturated rings. The van der Waals surface area contributed by atoms with Crippen LogP contribution in [0.1, 0.15) is 52.4 Å². The van der Waals surface area contributed by atoms with Crippen LogP contribution >= 0.6 is 11.8 Å². The molecule has 1 N–H and O–H groups in total. The number of unbranched alkanes of at least 4 members (excludes halogenated alkanes) is 4. The van der Waals surface area contributed by atoms with Gasteiger partial charge in [0.25, 0.3) is 0 Å². The van der Waals surface area contributed by atoms with Crippen LogP contribution in [0.3, 0.4) is 0 Å². The number of carbonyl (C=O) groups is 2. The van der Waals surface area contributed by atoms with Gasteiger partial charge in [-0.2, -0.15) is 0 Å². The fourth-order valence-electron chi connectivity index (χ4n) is 2.22. The van der Waals surface area contributed by atoms with E-state index < -0.39 is 12.0 Å². The number of carboxylic acids is 1. The molecule has 1 aliphatic rings. The summed E-state index contributed by atoms with van der Waals surface area (Å²) >= 11 is 1.54. The van der Waals surface area contributed by atoms with Crippen molar-refractivity contribution in [2.75, 3.05) is 5.75 Å². The second-order valence-electron chi connectivity index (χ2n) is 4.75. The van der Waals surface area contributed by atoms with Gasteiger partial charge in [-0.25, -0.2) is 4.79 Å². The summed E-state index contributed by atoms with van der Waals surface area (Å²) in [6, 6.07) is -0.631. The lowest BCUT2D eigenvalue weighted by Gasteiger charge is -2.25. The molecule has 2 atom stereocenters. The number of hydrogen-bond donors (Lipinski definition) is 1. The third-order valence-corrected chi connectivity index (χ3v) is 4.51. The van der Waals surface area contributed by atoms with E-state index in [0.717, 1.165) is 19.3 Å². The van der Waals surface area contributed by atoms with Gasteiger partial charge in [0.15, 0.2) is 0 Å². The summed E-state index contributed by atoms with van der Waals surface area (Å²) in [5.74, 6) is -0.375. The first-order valence-electron chi connectivity index (χ1n) is 6.73. The van der Waals surface area contributed by atoms with Gasteiger partial charge < -0.3 is 10.0 Å². The third-order valence-electron chi connectivity index (χ3n) is 3.29. The SMILES string of the molecule is CCCCCCCC(=O)N1C(C)SCC1C(=O)O. The molecule has 1 heterocycles. The molecular weight excluding hydrogens is 250 g/mol. The molecule has 1 aliphatic heterocycles. The van der Waals surface area contributed by atoms with Crippen LogP contribution in [-0.4, -0.2) is 39.1 Å². The largest absolute Gasteiger partial charge is 0.480 e.